The predicted molar refractivity (Wildman–Crippen MR) is 66.4 cm³/mol. The van der Waals surface area contributed by atoms with E-state index in [2.05, 4.69) is 0 Å². The normalized spacial score (nSPS) is 17.4. The van der Waals surface area contributed by atoms with Gasteiger partial charge in [-0.3, -0.25) is 0 Å². The van der Waals surface area contributed by atoms with E-state index in [0.29, 0.717) is 6.54 Å². The molecule has 0 aliphatic carbocycles. The van der Waals surface area contributed by atoms with Crippen molar-refractivity contribution in [3.05, 3.63) is 18.0 Å². The van der Waals surface area contributed by atoms with E-state index in [0.717, 1.165) is 0 Å². The van der Waals surface area contributed by atoms with Crippen molar-refractivity contribution < 1.29 is 23.4 Å². The summed E-state index contributed by atoms with van der Waals surface area (Å²) in [6.45, 7) is 2.64. The zero-order valence-electron chi connectivity index (χ0n) is 10.5. The Morgan fingerprint density at radius 1 is 1.47 bits per heavy atom. The molecule has 2 N–H and O–H groups in total. The van der Waals surface area contributed by atoms with Crippen LogP contribution < -0.4 is 0 Å². The third kappa shape index (κ3) is 2.38. The maximum absolute atomic E-state index is 12.2. The zero-order chi connectivity index (χ0) is 14.2. The molecule has 106 valence electrons. The molecule has 1 aromatic heterocycles. The Kier molecular flexibility index (Phi) is 3.66. The average molecular weight is 288 g/mol. The van der Waals surface area contributed by atoms with Gasteiger partial charge in [0.15, 0.2) is 0 Å². The lowest BCUT2D eigenvalue weighted by molar-refractivity contribution is 0.0685. The van der Waals surface area contributed by atoms with Crippen LogP contribution in [-0.4, -0.2) is 53.2 Å². The lowest BCUT2D eigenvalue weighted by Crippen LogP contribution is -2.51. The number of rotatable bonds is 5. The summed E-state index contributed by atoms with van der Waals surface area (Å²) in [4.78, 5) is 11.0. The van der Waals surface area contributed by atoms with Gasteiger partial charge in [0, 0.05) is 38.4 Å². The van der Waals surface area contributed by atoms with Crippen LogP contribution in [0.5, 0.6) is 0 Å². The highest BCUT2D eigenvalue weighted by Gasteiger charge is 2.37. The number of aliphatic hydroxyl groups excluding tert-OH is 1. The highest BCUT2D eigenvalue weighted by Crippen LogP contribution is 2.26. The van der Waals surface area contributed by atoms with E-state index in [9.17, 15) is 13.2 Å². The Labute approximate surface area is 111 Å². The SMILES string of the molecule is CCn1cc(S(=O)(=O)N2CC(CO)C2)cc1C(=O)O. The van der Waals surface area contributed by atoms with Gasteiger partial charge in [-0.25, -0.2) is 13.2 Å². The van der Waals surface area contributed by atoms with Crippen molar-refractivity contribution in [1.29, 1.82) is 0 Å². The number of carbonyl (C=O) groups is 1. The summed E-state index contributed by atoms with van der Waals surface area (Å²) >= 11 is 0. The molecular weight excluding hydrogens is 272 g/mol. The largest absolute Gasteiger partial charge is 0.477 e. The Morgan fingerprint density at radius 3 is 2.53 bits per heavy atom. The fraction of sp³-hybridized carbons (Fsp3) is 0.545. The molecule has 0 saturated carbocycles. The van der Waals surface area contributed by atoms with Crippen molar-refractivity contribution in [3.8, 4) is 0 Å². The number of aromatic nitrogens is 1. The molecule has 19 heavy (non-hydrogen) atoms. The first-order valence-electron chi connectivity index (χ1n) is 5.94. The van der Waals surface area contributed by atoms with Crippen molar-refractivity contribution in [3.63, 3.8) is 0 Å². The summed E-state index contributed by atoms with van der Waals surface area (Å²) in [7, 11) is -3.65. The second-order valence-electron chi connectivity index (χ2n) is 4.52. The molecule has 1 aromatic rings. The van der Waals surface area contributed by atoms with Crippen molar-refractivity contribution in [2.75, 3.05) is 19.7 Å². The molecular formula is C11H16N2O5S. The van der Waals surface area contributed by atoms with Crippen LogP contribution in [0.3, 0.4) is 0 Å². The Bertz CT molecular complexity index is 586. The number of hydrogen-bond donors (Lipinski definition) is 2. The minimum Gasteiger partial charge on any atom is -0.477 e. The molecule has 2 rings (SSSR count). The second kappa shape index (κ2) is 4.95. The molecule has 1 aliphatic heterocycles. The molecule has 1 saturated heterocycles. The first-order valence-corrected chi connectivity index (χ1v) is 7.38. The van der Waals surface area contributed by atoms with Gasteiger partial charge in [-0.2, -0.15) is 4.31 Å². The number of sulfonamides is 1. The summed E-state index contributed by atoms with van der Waals surface area (Å²) in [6.07, 6.45) is 1.34. The first kappa shape index (κ1) is 14.0. The van der Waals surface area contributed by atoms with Crippen molar-refractivity contribution in [2.45, 2.75) is 18.4 Å². The van der Waals surface area contributed by atoms with Crippen LogP contribution in [0, 0.1) is 5.92 Å². The molecule has 8 heteroatoms. The zero-order valence-corrected chi connectivity index (χ0v) is 11.3. The first-order chi connectivity index (χ1) is 8.90. The fourth-order valence-corrected chi connectivity index (χ4v) is 3.68. The smallest absolute Gasteiger partial charge is 0.352 e. The van der Waals surface area contributed by atoms with E-state index in [-0.39, 0.29) is 36.2 Å². The van der Waals surface area contributed by atoms with Crippen LogP contribution in [0.1, 0.15) is 17.4 Å². The average Bonchev–Trinajstić information content (AvgIpc) is 2.71. The summed E-state index contributed by atoms with van der Waals surface area (Å²) in [5, 5.41) is 17.9. The van der Waals surface area contributed by atoms with Crippen molar-refractivity contribution >= 4 is 16.0 Å². The van der Waals surface area contributed by atoms with E-state index < -0.39 is 16.0 Å². The number of aliphatic hydroxyl groups is 1. The van der Waals surface area contributed by atoms with Gasteiger partial charge in [0.25, 0.3) is 0 Å². The van der Waals surface area contributed by atoms with Crippen LogP contribution in [0.2, 0.25) is 0 Å². The second-order valence-corrected chi connectivity index (χ2v) is 6.46. The molecule has 0 radical (unpaired) electrons. The number of carboxylic acid groups (broad SMARTS) is 1. The van der Waals surface area contributed by atoms with Gasteiger partial charge >= 0.3 is 5.97 Å². The summed E-state index contributed by atoms with van der Waals surface area (Å²) in [5.74, 6) is -1.18. The van der Waals surface area contributed by atoms with Crippen LogP contribution in [-0.2, 0) is 16.6 Å². The Balaban J connectivity index is 2.29. The number of aromatic carboxylic acids is 1. The topological polar surface area (TPSA) is 99.8 Å². The van der Waals surface area contributed by atoms with E-state index in [4.69, 9.17) is 10.2 Å². The van der Waals surface area contributed by atoms with Crippen molar-refractivity contribution in [2.24, 2.45) is 5.92 Å². The summed E-state index contributed by atoms with van der Waals surface area (Å²) < 4.78 is 27.1. The standard InChI is InChI=1S/C11H16N2O5S/c1-2-12-6-9(3-10(12)11(15)16)19(17,18)13-4-8(5-13)7-14/h3,6,8,14H,2,4-5,7H2,1H3,(H,15,16). The predicted octanol–water partition coefficient (Wildman–Crippen LogP) is -0.181. The van der Waals surface area contributed by atoms with Gasteiger partial charge in [-0.05, 0) is 13.0 Å². The maximum Gasteiger partial charge on any atom is 0.352 e. The number of nitrogens with zero attached hydrogens (tertiary/aromatic N) is 2. The molecule has 1 fully saturated rings. The molecule has 0 aromatic carbocycles. The molecule has 0 spiro atoms. The van der Waals surface area contributed by atoms with Gasteiger partial charge in [0.1, 0.15) is 10.6 Å². The van der Waals surface area contributed by atoms with Gasteiger partial charge < -0.3 is 14.8 Å². The van der Waals surface area contributed by atoms with Crippen LogP contribution in [0.4, 0.5) is 0 Å². The number of carboxylic acids is 1. The Morgan fingerprint density at radius 2 is 2.11 bits per heavy atom. The maximum atomic E-state index is 12.2. The van der Waals surface area contributed by atoms with Gasteiger partial charge in [0.05, 0.1) is 0 Å². The molecule has 2 heterocycles. The molecule has 0 unspecified atom stereocenters. The Hall–Kier alpha value is -1.38. The summed E-state index contributed by atoms with van der Waals surface area (Å²) in [6, 6.07) is 1.17. The molecule has 0 bridgehead atoms. The highest BCUT2D eigenvalue weighted by atomic mass is 32.2. The van der Waals surface area contributed by atoms with Gasteiger partial charge in [-0.1, -0.05) is 0 Å². The van der Waals surface area contributed by atoms with Crippen LogP contribution in [0.15, 0.2) is 17.2 Å². The van der Waals surface area contributed by atoms with E-state index in [1.165, 1.54) is 21.1 Å². The fourth-order valence-electron chi connectivity index (χ4n) is 2.05. The number of hydrogen-bond acceptors (Lipinski definition) is 4. The van der Waals surface area contributed by atoms with E-state index in [1.54, 1.807) is 6.92 Å². The molecule has 7 nitrogen and oxygen atoms in total. The third-order valence-corrected chi connectivity index (χ3v) is 5.05. The lowest BCUT2D eigenvalue weighted by atomic mass is 10.1. The quantitative estimate of drug-likeness (QED) is 0.783. The minimum absolute atomic E-state index is 0.0110. The van der Waals surface area contributed by atoms with Crippen LogP contribution >= 0.6 is 0 Å². The van der Waals surface area contributed by atoms with Crippen molar-refractivity contribution in [1.82, 2.24) is 8.87 Å². The van der Waals surface area contributed by atoms with Crippen LogP contribution in [0.25, 0.3) is 0 Å². The van der Waals surface area contributed by atoms with E-state index >= 15 is 0 Å². The number of aryl methyl sites for hydroxylation is 1. The highest BCUT2D eigenvalue weighted by molar-refractivity contribution is 7.89. The lowest BCUT2D eigenvalue weighted by Gasteiger charge is -2.36. The van der Waals surface area contributed by atoms with Gasteiger partial charge in [0.2, 0.25) is 10.0 Å². The molecule has 0 atom stereocenters. The molecule has 0 amide bonds. The summed E-state index contributed by atoms with van der Waals surface area (Å²) in [5.41, 5.74) is -0.0414. The van der Waals surface area contributed by atoms with E-state index in [1.807, 2.05) is 0 Å². The third-order valence-electron chi connectivity index (χ3n) is 3.25. The monoisotopic (exact) mass is 288 g/mol. The molecule has 1 aliphatic rings. The minimum atomic E-state index is -3.65. The van der Waals surface area contributed by atoms with Gasteiger partial charge in [-0.15, -0.1) is 0 Å².